The van der Waals surface area contributed by atoms with Gasteiger partial charge in [-0.15, -0.1) is 0 Å². The zero-order chi connectivity index (χ0) is 11.4. The largest absolute Gasteiger partial charge is 0.385 e. The number of benzene rings is 1. The van der Waals surface area contributed by atoms with Crippen LogP contribution in [0.3, 0.4) is 0 Å². The van der Waals surface area contributed by atoms with E-state index in [4.69, 9.17) is 0 Å². The molecule has 0 saturated carbocycles. The molecule has 16 heavy (non-hydrogen) atoms. The normalized spacial score (nSPS) is 14.1. The molecule has 0 fully saturated rings. The molecular weight excluding hydrogens is 196 g/mol. The third-order valence-electron chi connectivity index (χ3n) is 3.32. The summed E-state index contributed by atoms with van der Waals surface area (Å²) in [5.41, 5.74) is 4.15. The average molecular weight is 218 g/mol. The Morgan fingerprint density at radius 3 is 3.06 bits per heavy atom. The molecule has 0 radical (unpaired) electrons. The lowest BCUT2D eigenvalue weighted by molar-refractivity contribution is 0.765. The fourth-order valence-electron chi connectivity index (χ4n) is 2.21. The molecule has 2 rings (SSSR count). The fraction of sp³-hybridized carbons (Fsp3) is 0.571. The molecular formula is C14H22N2. The Hall–Kier alpha value is -1.18. The highest BCUT2D eigenvalue weighted by molar-refractivity contribution is 5.63. The highest BCUT2D eigenvalue weighted by atomic mass is 15.1. The van der Waals surface area contributed by atoms with Crippen molar-refractivity contribution >= 4 is 11.4 Å². The van der Waals surface area contributed by atoms with E-state index in [1.54, 1.807) is 0 Å². The summed E-state index contributed by atoms with van der Waals surface area (Å²) < 4.78 is 0. The number of fused-ring (bicyclic) bond motifs is 1. The van der Waals surface area contributed by atoms with Crippen molar-refractivity contribution in [3.63, 3.8) is 0 Å². The van der Waals surface area contributed by atoms with Crippen molar-refractivity contribution in [3.05, 3.63) is 23.8 Å². The van der Waals surface area contributed by atoms with E-state index < -0.39 is 0 Å². The summed E-state index contributed by atoms with van der Waals surface area (Å²) in [4.78, 5) is 2.35. The van der Waals surface area contributed by atoms with Gasteiger partial charge in [-0.05, 0) is 37.0 Å². The van der Waals surface area contributed by atoms with E-state index in [1.807, 2.05) is 0 Å². The molecule has 0 bridgehead atoms. The van der Waals surface area contributed by atoms with Gasteiger partial charge in [0, 0.05) is 31.5 Å². The van der Waals surface area contributed by atoms with Gasteiger partial charge in [0.15, 0.2) is 0 Å². The number of hydrogen-bond donors (Lipinski definition) is 1. The number of unbranched alkanes of at least 4 members (excludes halogenated alkanes) is 1. The van der Waals surface area contributed by atoms with Crippen molar-refractivity contribution in [3.8, 4) is 0 Å². The van der Waals surface area contributed by atoms with Crippen LogP contribution < -0.4 is 10.2 Å². The topological polar surface area (TPSA) is 15.3 Å². The third kappa shape index (κ3) is 2.49. The van der Waals surface area contributed by atoms with E-state index in [1.165, 1.54) is 42.6 Å². The Bertz CT molecular complexity index is 347. The second-order valence-corrected chi connectivity index (χ2v) is 4.65. The molecule has 1 N–H and O–H groups in total. The van der Waals surface area contributed by atoms with Crippen LogP contribution in [-0.2, 0) is 6.42 Å². The van der Waals surface area contributed by atoms with Gasteiger partial charge in [-0.1, -0.05) is 19.4 Å². The maximum Gasteiger partial charge on any atom is 0.0393 e. The maximum absolute atomic E-state index is 3.49. The lowest BCUT2D eigenvalue weighted by atomic mass is 10.0. The SMILES string of the molecule is CCCCN(C)c1ccc2c(c1)NCCC2. The molecule has 1 aromatic rings. The summed E-state index contributed by atoms with van der Waals surface area (Å²) in [7, 11) is 2.18. The number of anilines is 2. The minimum atomic E-state index is 1.12. The monoisotopic (exact) mass is 218 g/mol. The summed E-state index contributed by atoms with van der Waals surface area (Å²) >= 11 is 0. The number of hydrogen-bond acceptors (Lipinski definition) is 2. The van der Waals surface area contributed by atoms with Crippen LogP contribution in [0.4, 0.5) is 11.4 Å². The number of aryl methyl sites for hydroxylation is 1. The third-order valence-corrected chi connectivity index (χ3v) is 3.32. The molecule has 0 unspecified atom stereocenters. The first-order chi connectivity index (χ1) is 7.81. The first kappa shape index (κ1) is 11.3. The molecule has 0 saturated heterocycles. The van der Waals surface area contributed by atoms with Crippen molar-refractivity contribution in [2.45, 2.75) is 32.6 Å². The van der Waals surface area contributed by atoms with Crippen LogP contribution in [0.15, 0.2) is 18.2 Å². The zero-order valence-electron chi connectivity index (χ0n) is 10.4. The number of nitrogens with zero attached hydrogens (tertiary/aromatic N) is 1. The molecule has 88 valence electrons. The highest BCUT2D eigenvalue weighted by Crippen LogP contribution is 2.26. The Balaban J connectivity index is 2.10. The fourth-order valence-corrected chi connectivity index (χ4v) is 2.21. The van der Waals surface area contributed by atoms with Crippen molar-refractivity contribution in [1.29, 1.82) is 0 Å². The molecule has 0 spiro atoms. The second-order valence-electron chi connectivity index (χ2n) is 4.65. The molecule has 2 heteroatoms. The van der Waals surface area contributed by atoms with Crippen LogP contribution in [0.25, 0.3) is 0 Å². The maximum atomic E-state index is 3.49. The van der Waals surface area contributed by atoms with E-state index in [9.17, 15) is 0 Å². The standard InChI is InChI=1S/C14H22N2/c1-3-4-10-16(2)13-8-7-12-6-5-9-15-14(12)11-13/h7-8,11,15H,3-6,9-10H2,1-2H3. The van der Waals surface area contributed by atoms with Gasteiger partial charge in [0.25, 0.3) is 0 Å². The van der Waals surface area contributed by atoms with Gasteiger partial charge in [0.1, 0.15) is 0 Å². The van der Waals surface area contributed by atoms with Crippen LogP contribution in [0.5, 0.6) is 0 Å². The van der Waals surface area contributed by atoms with Crippen LogP contribution >= 0.6 is 0 Å². The van der Waals surface area contributed by atoms with Gasteiger partial charge in [-0.3, -0.25) is 0 Å². The van der Waals surface area contributed by atoms with E-state index >= 15 is 0 Å². The molecule has 0 aromatic heterocycles. The molecule has 0 atom stereocenters. The number of nitrogens with one attached hydrogen (secondary N) is 1. The molecule has 1 aliphatic rings. The molecule has 0 amide bonds. The molecule has 1 heterocycles. The van der Waals surface area contributed by atoms with E-state index in [0.29, 0.717) is 0 Å². The van der Waals surface area contributed by atoms with Gasteiger partial charge < -0.3 is 10.2 Å². The first-order valence-electron chi connectivity index (χ1n) is 6.39. The predicted octanol–water partition coefficient (Wildman–Crippen LogP) is 3.28. The van der Waals surface area contributed by atoms with Gasteiger partial charge in [0.05, 0.1) is 0 Å². The average Bonchev–Trinajstić information content (AvgIpc) is 2.35. The van der Waals surface area contributed by atoms with Gasteiger partial charge in [-0.2, -0.15) is 0 Å². The van der Waals surface area contributed by atoms with Crippen molar-refractivity contribution in [2.75, 3.05) is 30.4 Å². The first-order valence-corrected chi connectivity index (χ1v) is 6.39. The quantitative estimate of drug-likeness (QED) is 0.834. The Kier molecular flexibility index (Phi) is 3.70. The van der Waals surface area contributed by atoms with Crippen molar-refractivity contribution < 1.29 is 0 Å². The van der Waals surface area contributed by atoms with Crippen molar-refractivity contribution in [1.82, 2.24) is 0 Å². The van der Waals surface area contributed by atoms with Crippen LogP contribution in [0, 0.1) is 0 Å². The van der Waals surface area contributed by atoms with Gasteiger partial charge >= 0.3 is 0 Å². The second kappa shape index (κ2) is 5.24. The minimum absolute atomic E-state index is 1.12. The summed E-state index contributed by atoms with van der Waals surface area (Å²) in [6.07, 6.45) is 5.01. The van der Waals surface area contributed by atoms with Gasteiger partial charge in [-0.25, -0.2) is 0 Å². The van der Waals surface area contributed by atoms with Crippen LogP contribution in [0.2, 0.25) is 0 Å². The smallest absolute Gasteiger partial charge is 0.0393 e. The summed E-state index contributed by atoms with van der Waals surface area (Å²) in [5.74, 6) is 0. The Labute approximate surface area is 98.7 Å². The van der Waals surface area contributed by atoms with Crippen molar-refractivity contribution in [2.24, 2.45) is 0 Å². The molecule has 0 aliphatic carbocycles. The summed E-state index contributed by atoms with van der Waals surface area (Å²) in [6.45, 7) is 4.51. The molecule has 2 nitrogen and oxygen atoms in total. The molecule has 1 aliphatic heterocycles. The van der Waals surface area contributed by atoms with E-state index in [0.717, 1.165) is 13.1 Å². The lowest BCUT2D eigenvalue weighted by Gasteiger charge is -2.23. The lowest BCUT2D eigenvalue weighted by Crippen LogP contribution is -2.19. The van der Waals surface area contributed by atoms with E-state index in [2.05, 4.69) is 42.4 Å². The van der Waals surface area contributed by atoms with Crippen LogP contribution in [-0.4, -0.2) is 20.1 Å². The molecule has 1 aromatic carbocycles. The predicted molar refractivity (Wildman–Crippen MR) is 71.4 cm³/mol. The zero-order valence-corrected chi connectivity index (χ0v) is 10.4. The van der Waals surface area contributed by atoms with E-state index in [-0.39, 0.29) is 0 Å². The van der Waals surface area contributed by atoms with Gasteiger partial charge in [0.2, 0.25) is 0 Å². The van der Waals surface area contributed by atoms with Crippen LogP contribution in [0.1, 0.15) is 31.7 Å². The minimum Gasteiger partial charge on any atom is -0.385 e. The summed E-state index contributed by atoms with van der Waals surface area (Å²) in [5, 5.41) is 3.49. The Morgan fingerprint density at radius 2 is 2.25 bits per heavy atom. The number of rotatable bonds is 4. The summed E-state index contributed by atoms with van der Waals surface area (Å²) in [6, 6.07) is 6.82. The highest BCUT2D eigenvalue weighted by Gasteiger charge is 2.09. The Morgan fingerprint density at radius 1 is 1.38 bits per heavy atom.